The minimum absolute atomic E-state index is 0.844. The summed E-state index contributed by atoms with van der Waals surface area (Å²) in [7, 11) is 0. The van der Waals surface area contributed by atoms with Crippen LogP contribution in [0.15, 0.2) is 53.3 Å². The zero-order valence-corrected chi connectivity index (χ0v) is 7.97. The summed E-state index contributed by atoms with van der Waals surface area (Å²) in [6.45, 7) is 0. The molecule has 2 nitrogen and oxygen atoms in total. The van der Waals surface area contributed by atoms with E-state index < -0.39 is 0 Å². The van der Waals surface area contributed by atoms with Gasteiger partial charge in [0, 0.05) is 23.2 Å². The van der Waals surface area contributed by atoms with Crippen LogP contribution in [0.1, 0.15) is 0 Å². The van der Waals surface area contributed by atoms with E-state index in [1.54, 1.807) is 12.5 Å². The van der Waals surface area contributed by atoms with Crippen LogP contribution in [0.5, 0.6) is 0 Å². The van der Waals surface area contributed by atoms with Gasteiger partial charge in [-0.3, -0.25) is 4.98 Å². The van der Waals surface area contributed by atoms with Gasteiger partial charge in [-0.15, -0.1) is 0 Å². The van der Waals surface area contributed by atoms with Crippen LogP contribution in [0, 0.1) is 6.07 Å². The third-order valence-electron chi connectivity index (χ3n) is 2.35. The highest BCUT2D eigenvalue weighted by Gasteiger charge is 2.06. The SMILES string of the molecule is [c]1coc2c(-c3ccccn3)cccc12. The summed E-state index contributed by atoms with van der Waals surface area (Å²) in [5, 5.41) is 0.984. The van der Waals surface area contributed by atoms with Crippen LogP contribution in [0.2, 0.25) is 0 Å². The van der Waals surface area contributed by atoms with E-state index >= 15 is 0 Å². The molecule has 2 aromatic heterocycles. The van der Waals surface area contributed by atoms with Crippen molar-refractivity contribution in [2.75, 3.05) is 0 Å². The van der Waals surface area contributed by atoms with Gasteiger partial charge in [0.1, 0.15) is 5.58 Å². The van der Waals surface area contributed by atoms with Crippen LogP contribution in [-0.2, 0) is 0 Å². The molecule has 3 aromatic rings. The molecule has 0 bridgehead atoms. The number of hydrogen-bond donors (Lipinski definition) is 0. The Kier molecular flexibility index (Phi) is 1.78. The molecule has 71 valence electrons. The molecule has 2 heterocycles. The van der Waals surface area contributed by atoms with Gasteiger partial charge in [-0.05, 0) is 18.2 Å². The Morgan fingerprint density at radius 1 is 1.07 bits per heavy atom. The van der Waals surface area contributed by atoms with Crippen molar-refractivity contribution in [3.8, 4) is 11.3 Å². The number of nitrogens with zero attached hydrogens (tertiary/aromatic N) is 1. The number of pyridine rings is 1. The molecule has 0 atom stereocenters. The average molecular weight is 194 g/mol. The summed E-state index contributed by atoms with van der Waals surface area (Å²) < 4.78 is 5.41. The van der Waals surface area contributed by atoms with Crippen molar-refractivity contribution >= 4 is 11.0 Å². The summed E-state index contributed by atoms with van der Waals surface area (Å²) >= 11 is 0. The molecule has 0 amide bonds. The fraction of sp³-hybridized carbons (Fsp3) is 0. The van der Waals surface area contributed by atoms with Crippen LogP contribution < -0.4 is 0 Å². The van der Waals surface area contributed by atoms with Gasteiger partial charge in [0.05, 0.1) is 12.0 Å². The second-order valence-electron chi connectivity index (χ2n) is 3.28. The minimum Gasteiger partial charge on any atom is -0.463 e. The van der Waals surface area contributed by atoms with E-state index in [1.807, 2.05) is 36.4 Å². The number of aromatic nitrogens is 1. The zero-order valence-electron chi connectivity index (χ0n) is 7.97. The topological polar surface area (TPSA) is 26.0 Å². The van der Waals surface area contributed by atoms with Crippen molar-refractivity contribution in [1.29, 1.82) is 0 Å². The molecule has 15 heavy (non-hydrogen) atoms. The number of rotatable bonds is 1. The Morgan fingerprint density at radius 3 is 2.93 bits per heavy atom. The van der Waals surface area contributed by atoms with E-state index in [-0.39, 0.29) is 0 Å². The second-order valence-corrected chi connectivity index (χ2v) is 3.28. The molecule has 0 aliphatic rings. The van der Waals surface area contributed by atoms with Gasteiger partial charge < -0.3 is 4.42 Å². The summed E-state index contributed by atoms with van der Waals surface area (Å²) in [6.07, 6.45) is 3.36. The molecule has 3 rings (SSSR count). The Balaban J connectivity index is 2.31. The van der Waals surface area contributed by atoms with E-state index in [0.717, 1.165) is 22.2 Å². The Morgan fingerprint density at radius 2 is 2.07 bits per heavy atom. The Bertz CT molecular complexity index is 584. The highest BCUT2D eigenvalue weighted by molar-refractivity contribution is 5.90. The first-order valence-corrected chi connectivity index (χ1v) is 4.74. The predicted molar refractivity (Wildman–Crippen MR) is 58.3 cm³/mol. The Hall–Kier alpha value is -2.09. The third kappa shape index (κ3) is 1.31. The smallest absolute Gasteiger partial charge is 0.143 e. The number of furan rings is 1. The molecule has 0 saturated heterocycles. The first kappa shape index (κ1) is 8.24. The summed E-state index contributed by atoms with van der Waals surface area (Å²) in [6, 6.07) is 14.8. The summed E-state index contributed by atoms with van der Waals surface area (Å²) in [4.78, 5) is 4.30. The second kappa shape index (κ2) is 3.24. The number of para-hydroxylation sites is 1. The van der Waals surface area contributed by atoms with Crippen molar-refractivity contribution in [3.63, 3.8) is 0 Å². The highest BCUT2D eigenvalue weighted by Crippen LogP contribution is 2.27. The maximum Gasteiger partial charge on any atom is 0.143 e. The lowest BCUT2D eigenvalue weighted by atomic mass is 10.1. The van der Waals surface area contributed by atoms with Gasteiger partial charge in [0.2, 0.25) is 0 Å². The van der Waals surface area contributed by atoms with E-state index in [9.17, 15) is 0 Å². The number of hydrogen-bond acceptors (Lipinski definition) is 2. The first-order valence-electron chi connectivity index (χ1n) is 4.74. The molecule has 0 spiro atoms. The van der Waals surface area contributed by atoms with Gasteiger partial charge in [-0.1, -0.05) is 18.2 Å². The maximum absolute atomic E-state index is 5.41. The van der Waals surface area contributed by atoms with Gasteiger partial charge in [-0.2, -0.15) is 0 Å². The van der Waals surface area contributed by atoms with Gasteiger partial charge in [0.15, 0.2) is 0 Å². The molecule has 0 aliphatic heterocycles. The highest BCUT2D eigenvalue weighted by atomic mass is 16.3. The molecule has 0 N–H and O–H groups in total. The van der Waals surface area contributed by atoms with Crippen LogP contribution in [-0.4, -0.2) is 4.98 Å². The van der Waals surface area contributed by atoms with Crippen molar-refractivity contribution in [1.82, 2.24) is 4.98 Å². The van der Waals surface area contributed by atoms with Crippen LogP contribution in [0.3, 0.4) is 0 Å². The van der Waals surface area contributed by atoms with Crippen molar-refractivity contribution in [2.45, 2.75) is 0 Å². The largest absolute Gasteiger partial charge is 0.463 e. The van der Waals surface area contributed by atoms with Gasteiger partial charge in [-0.25, -0.2) is 0 Å². The fourth-order valence-corrected chi connectivity index (χ4v) is 1.65. The molecular formula is C13H8NO. The first-order chi connectivity index (χ1) is 7.45. The summed E-state index contributed by atoms with van der Waals surface area (Å²) in [5.41, 5.74) is 2.78. The van der Waals surface area contributed by atoms with Crippen LogP contribution >= 0.6 is 0 Å². The monoisotopic (exact) mass is 194 g/mol. The minimum atomic E-state index is 0.844. The molecule has 0 aliphatic carbocycles. The Labute approximate surface area is 87.2 Å². The molecule has 0 unspecified atom stereocenters. The van der Waals surface area contributed by atoms with Gasteiger partial charge >= 0.3 is 0 Å². The van der Waals surface area contributed by atoms with E-state index in [0.29, 0.717) is 0 Å². The lowest BCUT2D eigenvalue weighted by Crippen LogP contribution is -1.81. The van der Waals surface area contributed by atoms with Gasteiger partial charge in [0.25, 0.3) is 0 Å². The standard InChI is InChI=1S/C13H8NO/c1-2-8-14-12(6-1)11-5-3-4-10-7-9-15-13(10)11/h1-6,8-9H. The molecule has 0 saturated carbocycles. The predicted octanol–water partition coefficient (Wildman–Crippen LogP) is 3.29. The van der Waals surface area contributed by atoms with Crippen molar-refractivity contribution in [3.05, 3.63) is 54.9 Å². The van der Waals surface area contributed by atoms with E-state index in [4.69, 9.17) is 4.42 Å². The van der Waals surface area contributed by atoms with E-state index in [2.05, 4.69) is 11.1 Å². The fourth-order valence-electron chi connectivity index (χ4n) is 1.65. The molecule has 1 aromatic carbocycles. The summed E-state index contributed by atoms with van der Waals surface area (Å²) in [5.74, 6) is 0. The molecule has 0 fully saturated rings. The molecule has 1 radical (unpaired) electrons. The number of fused-ring (bicyclic) bond motifs is 1. The average Bonchev–Trinajstić information content (AvgIpc) is 2.78. The zero-order chi connectivity index (χ0) is 10.1. The van der Waals surface area contributed by atoms with Crippen molar-refractivity contribution < 1.29 is 4.42 Å². The number of benzene rings is 1. The lowest BCUT2D eigenvalue weighted by molar-refractivity contribution is 0.616. The molecule has 2 heteroatoms. The van der Waals surface area contributed by atoms with Crippen molar-refractivity contribution in [2.24, 2.45) is 0 Å². The van der Waals surface area contributed by atoms with Crippen LogP contribution in [0.4, 0.5) is 0 Å². The normalized spacial score (nSPS) is 10.7. The lowest BCUT2D eigenvalue weighted by Gasteiger charge is -2.00. The maximum atomic E-state index is 5.41. The quantitative estimate of drug-likeness (QED) is 0.594. The van der Waals surface area contributed by atoms with Crippen LogP contribution in [0.25, 0.3) is 22.2 Å². The van der Waals surface area contributed by atoms with E-state index in [1.165, 1.54) is 0 Å². The third-order valence-corrected chi connectivity index (χ3v) is 2.35. The molecular weight excluding hydrogens is 186 g/mol.